The van der Waals surface area contributed by atoms with Crippen molar-refractivity contribution in [3.63, 3.8) is 0 Å². The molecule has 1 aliphatic rings. The number of rotatable bonds is 7. The molecule has 8 nitrogen and oxygen atoms in total. The van der Waals surface area contributed by atoms with Crippen LogP contribution in [-0.4, -0.2) is 41.0 Å². The number of esters is 1. The van der Waals surface area contributed by atoms with Gasteiger partial charge >= 0.3 is 11.9 Å². The van der Waals surface area contributed by atoms with Crippen molar-refractivity contribution >= 4 is 39.9 Å². The van der Waals surface area contributed by atoms with E-state index in [2.05, 4.69) is 4.98 Å². The van der Waals surface area contributed by atoms with Crippen molar-refractivity contribution in [1.29, 1.82) is 0 Å². The van der Waals surface area contributed by atoms with Crippen LogP contribution in [0.4, 0.5) is 9.52 Å². The Bertz CT molecular complexity index is 1410. The number of hydrogen-bond donors (Lipinski definition) is 1. The van der Waals surface area contributed by atoms with Gasteiger partial charge in [-0.2, -0.15) is 0 Å². The molecule has 1 aromatic heterocycles. The molecule has 1 amide bonds. The van der Waals surface area contributed by atoms with Gasteiger partial charge in [-0.15, -0.1) is 0 Å². The van der Waals surface area contributed by atoms with Crippen LogP contribution in [-0.2, 0) is 14.3 Å². The van der Waals surface area contributed by atoms with Gasteiger partial charge in [-0.1, -0.05) is 23.5 Å². The molecule has 37 heavy (non-hydrogen) atoms. The Hall–Kier alpha value is -4.05. The molecular formula is C27H25FN2O6S. The lowest BCUT2D eigenvalue weighted by Crippen LogP contribution is -2.29. The van der Waals surface area contributed by atoms with Gasteiger partial charge in [0.05, 0.1) is 30.5 Å². The number of thiazole rings is 1. The highest BCUT2D eigenvalue weighted by atomic mass is 32.1. The van der Waals surface area contributed by atoms with Crippen LogP contribution >= 0.6 is 11.3 Å². The van der Waals surface area contributed by atoms with E-state index in [1.54, 1.807) is 39.0 Å². The number of anilines is 1. The molecule has 0 bridgehead atoms. The van der Waals surface area contributed by atoms with E-state index in [9.17, 15) is 23.9 Å². The third-order valence-electron chi connectivity index (χ3n) is 5.83. The van der Waals surface area contributed by atoms with Gasteiger partial charge in [0.1, 0.15) is 22.2 Å². The lowest BCUT2D eigenvalue weighted by molar-refractivity contribution is -0.132. The molecule has 0 aliphatic carbocycles. The number of amides is 1. The average Bonchev–Trinajstić information content (AvgIpc) is 3.37. The zero-order chi connectivity index (χ0) is 26.9. The molecule has 3 aromatic rings. The highest BCUT2D eigenvalue weighted by molar-refractivity contribution is 7.17. The van der Waals surface area contributed by atoms with E-state index >= 15 is 0 Å². The Balaban J connectivity index is 1.89. The van der Waals surface area contributed by atoms with E-state index in [4.69, 9.17) is 9.47 Å². The van der Waals surface area contributed by atoms with Gasteiger partial charge in [0, 0.05) is 5.56 Å². The minimum absolute atomic E-state index is 0.0823. The first-order valence-corrected chi connectivity index (χ1v) is 12.4. The number of nitrogens with zero attached hydrogens (tertiary/aromatic N) is 2. The monoisotopic (exact) mass is 524 g/mol. The molecule has 10 heteroatoms. The maximum atomic E-state index is 13.7. The van der Waals surface area contributed by atoms with Crippen LogP contribution in [0.25, 0.3) is 5.76 Å². The van der Waals surface area contributed by atoms with Gasteiger partial charge in [-0.3, -0.25) is 14.5 Å². The molecule has 1 N–H and O–H groups in total. The lowest BCUT2D eigenvalue weighted by atomic mass is 9.95. The fourth-order valence-corrected chi connectivity index (χ4v) is 5.12. The fraction of sp³-hybridized carbons (Fsp3) is 0.259. The topological polar surface area (TPSA) is 106 Å². The van der Waals surface area contributed by atoms with Crippen molar-refractivity contribution in [2.24, 2.45) is 0 Å². The Morgan fingerprint density at radius 3 is 2.43 bits per heavy atom. The normalized spacial score (nSPS) is 16.8. The minimum atomic E-state index is -1.10. The molecule has 192 valence electrons. The number of aliphatic hydroxyl groups excluding tert-OH is 1. The molecule has 1 fully saturated rings. The van der Waals surface area contributed by atoms with Crippen molar-refractivity contribution < 1.29 is 33.4 Å². The number of ketones is 1. The summed E-state index contributed by atoms with van der Waals surface area (Å²) in [6.07, 6.45) is 0. The number of carbonyl (C=O) groups excluding carboxylic acids is 3. The minimum Gasteiger partial charge on any atom is -0.507 e. The first-order valence-electron chi connectivity index (χ1n) is 11.6. The van der Waals surface area contributed by atoms with Crippen LogP contribution in [0.5, 0.6) is 5.75 Å². The van der Waals surface area contributed by atoms with Crippen LogP contribution in [0.1, 0.15) is 51.9 Å². The first-order chi connectivity index (χ1) is 17.7. The van der Waals surface area contributed by atoms with Crippen molar-refractivity contribution in [1.82, 2.24) is 4.98 Å². The summed E-state index contributed by atoms with van der Waals surface area (Å²) in [5.41, 5.74) is 1.59. The Morgan fingerprint density at radius 1 is 1.11 bits per heavy atom. The van der Waals surface area contributed by atoms with Crippen LogP contribution in [0, 0.1) is 19.7 Å². The third kappa shape index (κ3) is 4.84. The smallest absolute Gasteiger partial charge is 0.350 e. The molecule has 1 atom stereocenters. The zero-order valence-electron chi connectivity index (χ0n) is 20.7. The lowest BCUT2D eigenvalue weighted by Gasteiger charge is -2.23. The van der Waals surface area contributed by atoms with E-state index in [-0.39, 0.29) is 27.9 Å². The second-order valence-corrected chi connectivity index (χ2v) is 9.24. The predicted molar refractivity (Wildman–Crippen MR) is 136 cm³/mol. The number of aromatic nitrogens is 1. The number of halogens is 1. The molecule has 2 aromatic carbocycles. The van der Waals surface area contributed by atoms with Gasteiger partial charge in [-0.25, -0.2) is 14.2 Å². The molecule has 0 saturated carbocycles. The third-order valence-corrected chi connectivity index (χ3v) is 6.97. The number of aryl methyl sites for hydroxylation is 2. The summed E-state index contributed by atoms with van der Waals surface area (Å²) in [5, 5.41) is 11.4. The Kier molecular flexibility index (Phi) is 7.40. The van der Waals surface area contributed by atoms with Gasteiger partial charge < -0.3 is 14.6 Å². The Labute approximate surface area is 217 Å². The standard InChI is InChI=1S/C27H25FN2O6S/c1-5-35-19-12-9-17(13-14(19)3)22(31)20-21(16-7-10-18(28)11-8-16)30(25(33)23(20)32)27-29-15(4)24(37-27)26(34)36-6-2/h7-13,21,31H,5-6H2,1-4H3/b22-20-. The van der Waals surface area contributed by atoms with Crippen LogP contribution in [0.2, 0.25) is 0 Å². The maximum absolute atomic E-state index is 13.7. The second kappa shape index (κ2) is 10.5. The summed E-state index contributed by atoms with van der Waals surface area (Å²) in [6.45, 7) is 7.54. The van der Waals surface area contributed by atoms with Crippen molar-refractivity contribution in [2.45, 2.75) is 33.7 Å². The van der Waals surface area contributed by atoms with Gasteiger partial charge in [0.2, 0.25) is 0 Å². The Morgan fingerprint density at radius 2 is 1.81 bits per heavy atom. The molecule has 0 radical (unpaired) electrons. The van der Waals surface area contributed by atoms with Crippen LogP contribution in [0.15, 0.2) is 48.0 Å². The maximum Gasteiger partial charge on any atom is 0.350 e. The molecule has 2 heterocycles. The number of carbonyl (C=O) groups is 3. The summed E-state index contributed by atoms with van der Waals surface area (Å²) in [6, 6.07) is 9.09. The van der Waals surface area contributed by atoms with Crippen molar-refractivity contribution in [3.05, 3.63) is 81.1 Å². The van der Waals surface area contributed by atoms with Crippen LogP contribution < -0.4 is 9.64 Å². The summed E-state index contributed by atoms with van der Waals surface area (Å²) >= 11 is 0.904. The van der Waals surface area contributed by atoms with E-state index in [0.717, 1.165) is 21.8 Å². The van der Waals surface area contributed by atoms with Crippen molar-refractivity contribution in [3.8, 4) is 5.75 Å². The van der Waals surface area contributed by atoms with E-state index < -0.39 is 29.5 Å². The quantitative estimate of drug-likeness (QED) is 0.198. The highest BCUT2D eigenvalue weighted by Gasteiger charge is 2.48. The number of hydrogen-bond acceptors (Lipinski definition) is 8. The van der Waals surface area contributed by atoms with Gasteiger partial charge in [0.25, 0.3) is 5.78 Å². The van der Waals surface area contributed by atoms with E-state index in [0.29, 0.717) is 29.2 Å². The van der Waals surface area contributed by atoms with E-state index in [1.165, 1.54) is 24.3 Å². The first kappa shape index (κ1) is 26.0. The summed E-state index contributed by atoms with van der Waals surface area (Å²) < 4.78 is 24.4. The number of benzene rings is 2. The predicted octanol–water partition coefficient (Wildman–Crippen LogP) is 5.10. The number of Topliss-reactive ketones (excluding diaryl/α,β-unsaturated/α-hetero) is 1. The zero-order valence-corrected chi connectivity index (χ0v) is 21.5. The summed E-state index contributed by atoms with van der Waals surface area (Å²) in [7, 11) is 0. The number of aliphatic hydroxyl groups is 1. The van der Waals surface area contributed by atoms with Gasteiger partial charge in [-0.05, 0) is 69.2 Å². The van der Waals surface area contributed by atoms with Crippen molar-refractivity contribution in [2.75, 3.05) is 18.1 Å². The van der Waals surface area contributed by atoms with Gasteiger partial charge in [0.15, 0.2) is 5.13 Å². The molecule has 4 rings (SSSR count). The fourth-order valence-electron chi connectivity index (χ4n) is 4.13. The molecule has 0 spiro atoms. The van der Waals surface area contributed by atoms with E-state index in [1.807, 2.05) is 6.92 Å². The molecular weight excluding hydrogens is 499 g/mol. The second-order valence-electron chi connectivity index (χ2n) is 8.27. The summed E-state index contributed by atoms with van der Waals surface area (Å²) in [5.74, 6) is -2.72. The molecule has 1 unspecified atom stereocenters. The largest absolute Gasteiger partial charge is 0.507 e. The van der Waals surface area contributed by atoms with Crippen LogP contribution in [0.3, 0.4) is 0 Å². The average molecular weight is 525 g/mol. The highest BCUT2D eigenvalue weighted by Crippen LogP contribution is 2.44. The number of ether oxygens (including phenoxy) is 2. The summed E-state index contributed by atoms with van der Waals surface area (Å²) in [4.78, 5) is 44.7. The molecule has 1 aliphatic heterocycles. The molecule has 1 saturated heterocycles. The SMILES string of the molecule is CCOC(=O)c1sc(N2C(=O)C(=O)/C(=C(\O)c3ccc(OCC)c(C)c3)C2c2ccc(F)cc2)nc1C.